The Morgan fingerprint density at radius 3 is 2.00 bits per heavy atom. The van der Waals surface area contributed by atoms with E-state index in [2.05, 4.69) is 16.1 Å². The van der Waals surface area contributed by atoms with Crippen LogP contribution in [0.15, 0.2) is 91.0 Å². The van der Waals surface area contributed by atoms with E-state index >= 15 is 0 Å². The Bertz CT molecular complexity index is 1260. The molecule has 2 aliphatic rings. The molecule has 1 atom stereocenters. The van der Waals surface area contributed by atoms with Gasteiger partial charge in [-0.1, -0.05) is 78.9 Å². The van der Waals surface area contributed by atoms with Crippen molar-refractivity contribution in [3.05, 3.63) is 102 Å². The van der Waals surface area contributed by atoms with Gasteiger partial charge in [-0.3, -0.25) is 15.0 Å². The smallest absolute Gasteiger partial charge is 0.324 e. The molecule has 3 N–H and O–H groups in total. The van der Waals surface area contributed by atoms with Gasteiger partial charge < -0.3 is 15.5 Å². The van der Waals surface area contributed by atoms with Crippen molar-refractivity contribution in [3.8, 4) is 0 Å². The minimum Gasteiger partial charge on any atom is -0.324 e. The fraction of sp³-hybridized carbons (Fsp3) is 0.214. The molecule has 188 valence electrons. The van der Waals surface area contributed by atoms with E-state index in [0.717, 1.165) is 5.01 Å². The van der Waals surface area contributed by atoms with Gasteiger partial charge in [0, 0.05) is 18.8 Å². The summed E-state index contributed by atoms with van der Waals surface area (Å²) in [4.78, 5) is 54.4. The topological polar surface area (TPSA) is 111 Å². The lowest BCUT2D eigenvalue weighted by Gasteiger charge is -2.32. The van der Waals surface area contributed by atoms with Gasteiger partial charge in [0.1, 0.15) is 0 Å². The molecule has 37 heavy (non-hydrogen) atoms. The lowest BCUT2D eigenvalue weighted by atomic mass is 9.83. The molecule has 2 aliphatic heterocycles. The zero-order valence-electron chi connectivity index (χ0n) is 20.1. The molecule has 0 radical (unpaired) electrons. The molecular weight excluding hydrogens is 470 g/mol. The second-order valence-corrected chi connectivity index (χ2v) is 9.11. The normalized spacial score (nSPS) is 18.8. The van der Waals surface area contributed by atoms with E-state index in [1.165, 1.54) is 0 Å². The number of likely N-dealkylation sites (tertiary alicyclic amines) is 1. The molecule has 3 aromatic carbocycles. The van der Waals surface area contributed by atoms with Crippen LogP contribution in [0, 0.1) is 5.92 Å². The van der Waals surface area contributed by atoms with Gasteiger partial charge in [-0.2, -0.15) is 5.01 Å². The maximum absolute atomic E-state index is 13.8. The van der Waals surface area contributed by atoms with Gasteiger partial charge in [0.05, 0.1) is 5.92 Å². The zero-order chi connectivity index (χ0) is 25.8. The predicted molar refractivity (Wildman–Crippen MR) is 137 cm³/mol. The maximum atomic E-state index is 13.8. The Hall–Kier alpha value is -4.66. The number of benzene rings is 3. The van der Waals surface area contributed by atoms with E-state index in [0.29, 0.717) is 36.2 Å². The summed E-state index contributed by atoms with van der Waals surface area (Å²) in [5.74, 6) is -1.66. The van der Waals surface area contributed by atoms with Crippen molar-refractivity contribution < 1.29 is 19.2 Å². The Morgan fingerprint density at radius 2 is 1.41 bits per heavy atom. The molecule has 0 aliphatic carbocycles. The summed E-state index contributed by atoms with van der Waals surface area (Å²) in [7, 11) is 0. The highest BCUT2D eigenvalue weighted by molar-refractivity contribution is 6.10. The van der Waals surface area contributed by atoms with Gasteiger partial charge in [0.2, 0.25) is 5.91 Å². The summed E-state index contributed by atoms with van der Waals surface area (Å²) in [5.41, 5.74) is 2.88. The number of nitrogens with zero attached hydrogens (tertiary/aromatic N) is 2. The second kappa shape index (κ2) is 10.1. The fourth-order valence-electron chi connectivity index (χ4n) is 4.87. The number of hydrogen-bond acceptors (Lipinski definition) is 4. The number of piperidine rings is 1. The van der Waals surface area contributed by atoms with E-state index in [-0.39, 0.29) is 12.6 Å². The van der Waals surface area contributed by atoms with Crippen LogP contribution in [0.1, 0.15) is 24.0 Å². The zero-order valence-corrected chi connectivity index (χ0v) is 20.1. The highest BCUT2D eigenvalue weighted by Crippen LogP contribution is 2.35. The Morgan fingerprint density at radius 1 is 0.838 bits per heavy atom. The number of carbonyl (C=O) groups excluding carboxylic acids is 4. The lowest BCUT2D eigenvalue weighted by molar-refractivity contribution is -0.140. The quantitative estimate of drug-likeness (QED) is 0.469. The molecule has 9 nitrogen and oxygen atoms in total. The predicted octanol–water partition coefficient (Wildman–Crippen LogP) is 3.46. The molecule has 9 heteroatoms. The summed E-state index contributed by atoms with van der Waals surface area (Å²) in [6, 6.07) is 25.9. The molecular formula is C28H27N5O4. The van der Waals surface area contributed by atoms with Crippen LogP contribution < -0.4 is 16.1 Å². The summed E-state index contributed by atoms with van der Waals surface area (Å²) in [5, 5.41) is 6.40. The van der Waals surface area contributed by atoms with Gasteiger partial charge >= 0.3 is 12.1 Å². The van der Waals surface area contributed by atoms with Crippen molar-refractivity contribution in [2.24, 2.45) is 5.92 Å². The van der Waals surface area contributed by atoms with Gasteiger partial charge in [-0.25, -0.2) is 9.59 Å². The number of urea groups is 2. The molecule has 0 aromatic heterocycles. The van der Waals surface area contributed by atoms with E-state index in [9.17, 15) is 19.2 Å². The van der Waals surface area contributed by atoms with Gasteiger partial charge in [0.15, 0.2) is 5.54 Å². The van der Waals surface area contributed by atoms with E-state index in [1.54, 1.807) is 65.6 Å². The summed E-state index contributed by atoms with van der Waals surface area (Å²) >= 11 is 0. The van der Waals surface area contributed by atoms with Crippen LogP contribution in [0.5, 0.6) is 0 Å². The number of hydrazine groups is 1. The summed E-state index contributed by atoms with van der Waals surface area (Å²) in [6.07, 6.45) is 1.16. The monoisotopic (exact) mass is 497 g/mol. The summed E-state index contributed by atoms with van der Waals surface area (Å²) < 4.78 is 0. The molecule has 0 unspecified atom stereocenters. The van der Waals surface area contributed by atoms with E-state index in [4.69, 9.17) is 0 Å². The average Bonchev–Trinajstić information content (AvgIpc) is 3.20. The molecule has 0 spiro atoms. The Balaban J connectivity index is 1.32. The standard InChI is InChI=1S/C28H27N5O4/c34-24(20-11-10-18-32(19-20)26(36)29-23-16-8-3-9-17-23)31-33-25(35)28(30-27(33)37,21-12-4-1-5-13-21)22-14-6-2-7-15-22/h1-9,12-17,20H,10-11,18-19H2,(H,29,36)(H,30,37)(H,31,34)/t20-/m1/s1. The first-order valence-electron chi connectivity index (χ1n) is 12.2. The number of imide groups is 1. The number of hydrogen-bond donors (Lipinski definition) is 3. The molecule has 2 heterocycles. The van der Waals surface area contributed by atoms with Crippen molar-refractivity contribution in [2.45, 2.75) is 18.4 Å². The van der Waals surface area contributed by atoms with Crippen LogP contribution in [0.4, 0.5) is 15.3 Å². The minimum atomic E-state index is -1.47. The third-order valence-corrected chi connectivity index (χ3v) is 6.76. The van der Waals surface area contributed by atoms with Crippen molar-refractivity contribution in [2.75, 3.05) is 18.4 Å². The van der Waals surface area contributed by atoms with E-state index in [1.807, 2.05) is 30.3 Å². The van der Waals surface area contributed by atoms with E-state index < -0.39 is 29.3 Å². The van der Waals surface area contributed by atoms with Crippen LogP contribution in [0.25, 0.3) is 0 Å². The van der Waals surface area contributed by atoms with Crippen LogP contribution in [-0.4, -0.2) is 46.9 Å². The van der Waals surface area contributed by atoms with Crippen LogP contribution in [-0.2, 0) is 15.1 Å². The Labute approximate surface area is 214 Å². The number of para-hydroxylation sites is 1. The maximum Gasteiger partial charge on any atom is 0.344 e. The molecule has 5 rings (SSSR count). The number of rotatable bonds is 5. The molecule has 2 saturated heterocycles. The van der Waals surface area contributed by atoms with Crippen molar-refractivity contribution in [1.29, 1.82) is 0 Å². The number of amides is 6. The van der Waals surface area contributed by atoms with Crippen LogP contribution in [0.2, 0.25) is 0 Å². The number of carbonyl (C=O) groups is 4. The van der Waals surface area contributed by atoms with Crippen LogP contribution in [0.3, 0.4) is 0 Å². The lowest BCUT2D eigenvalue weighted by Crippen LogP contribution is -2.53. The number of nitrogens with one attached hydrogen (secondary N) is 3. The SMILES string of the molecule is O=C(NN1C(=O)NC(c2ccccc2)(c2ccccc2)C1=O)[C@@H]1CCCN(C(=O)Nc2ccccc2)C1. The third kappa shape index (κ3) is 4.63. The Kier molecular flexibility index (Phi) is 6.59. The van der Waals surface area contributed by atoms with Crippen molar-refractivity contribution in [1.82, 2.24) is 20.7 Å². The first kappa shape index (κ1) is 24.1. The summed E-state index contributed by atoms with van der Waals surface area (Å²) in [6.45, 7) is 0.688. The first-order chi connectivity index (χ1) is 18.0. The average molecular weight is 498 g/mol. The van der Waals surface area contributed by atoms with Gasteiger partial charge in [0.25, 0.3) is 5.91 Å². The van der Waals surface area contributed by atoms with Crippen molar-refractivity contribution in [3.63, 3.8) is 0 Å². The van der Waals surface area contributed by atoms with Gasteiger partial charge in [-0.05, 0) is 36.1 Å². The molecule has 0 saturated carbocycles. The molecule has 2 fully saturated rings. The largest absolute Gasteiger partial charge is 0.344 e. The second-order valence-electron chi connectivity index (χ2n) is 9.11. The first-order valence-corrected chi connectivity index (χ1v) is 12.2. The van der Waals surface area contributed by atoms with Crippen molar-refractivity contribution >= 4 is 29.6 Å². The van der Waals surface area contributed by atoms with Gasteiger partial charge in [-0.15, -0.1) is 0 Å². The van der Waals surface area contributed by atoms with Crippen LogP contribution >= 0.6 is 0 Å². The number of anilines is 1. The molecule has 0 bridgehead atoms. The fourth-order valence-corrected chi connectivity index (χ4v) is 4.87. The highest BCUT2D eigenvalue weighted by atomic mass is 16.2. The highest BCUT2D eigenvalue weighted by Gasteiger charge is 2.54. The molecule has 6 amide bonds. The minimum absolute atomic E-state index is 0.177. The third-order valence-electron chi connectivity index (χ3n) is 6.76. The molecule has 3 aromatic rings.